The molecular formula is C13H9BrClNOS. The van der Waals surface area contributed by atoms with Crippen molar-refractivity contribution in [2.75, 3.05) is 5.32 Å². The van der Waals surface area contributed by atoms with E-state index in [1.54, 1.807) is 24.3 Å². The second kappa shape index (κ2) is 5.78. The highest BCUT2D eigenvalue weighted by Gasteiger charge is 2.12. The van der Waals surface area contributed by atoms with Crippen molar-refractivity contribution < 1.29 is 4.79 Å². The molecule has 0 spiro atoms. The number of rotatable bonds is 2. The molecule has 1 amide bonds. The van der Waals surface area contributed by atoms with Crippen molar-refractivity contribution in [2.24, 2.45) is 0 Å². The van der Waals surface area contributed by atoms with Crippen LogP contribution >= 0.6 is 40.2 Å². The standard InChI is InChI=1S/C13H9BrClNOS/c14-10-3-1-2-4-12(10)16-13(17)9-7-8(18)5-6-11(9)15/h1-7,18H,(H,16,17). The highest BCUT2D eigenvalue weighted by Crippen LogP contribution is 2.24. The molecule has 0 aliphatic carbocycles. The summed E-state index contributed by atoms with van der Waals surface area (Å²) in [6.07, 6.45) is 0. The molecule has 2 nitrogen and oxygen atoms in total. The van der Waals surface area contributed by atoms with Gasteiger partial charge in [0.15, 0.2) is 0 Å². The number of anilines is 1. The van der Waals surface area contributed by atoms with Crippen LogP contribution in [0, 0.1) is 0 Å². The molecule has 0 saturated carbocycles. The number of benzene rings is 2. The van der Waals surface area contributed by atoms with E-state index in [4.69, 9.17) is 11.6 Å². The van der Waals surface area contributed by atoms with E-state index in [0.717, 1.165) is 4.47 Å². The molecular weight excluding hydrogens is 334 g/mol. The van der Waals surface area contributed by atoms with Crippen molar-refractivity contribution in [1.82, 2.24) is 0 Å². The lowest BCUT2D eigenvalue weighted by Crippen LogP contribution is -2.12. The van der Waals surface area contributed by atoms with Crippen molar-refractivity contribution in [3.63, 3.8) is 0 Å². The summed E-state index contributed by atoms with van der Waals surface area (Å²) in [6, 6.07) is 12.4. The largest absolute Gasteiger partial charge is 0.321 e. The quantitative estimate of drug-likeness (QED) is 0.765. The minimum atomic E-state index is -0.261. The molecule has 2 rings (SSSR count). The number of hydrogen-bond donors (Lipinski definition) is 2. The van der Waals surface area contributed by atoms with Crippen LogP contribution in [0.5, 0.6) is 0 Å². The van der Waals surface area contributed by atoms with E-state index >= 15 is 0 Å². The first-order valence-corrected chi connectivity index (χ1v) is 6.74. The van der Waals surface area contributed by atoms with Gasteiger partial charge in [0.2, 0.25) is 0 Å². The number of halogens is 2. The third kappa shape index (κ3) is 3.07. The van der Waals surface area contributed by atoms with Crippen molar-refractivity contribution in [3.05, 3.63) is 57.5 Å². The minimum Gasteiger partial charge on any atom is -0.321 e. The summed E-state index contributed by atoms with van der Waals surface area (Å²) in [7, 11) is 0. The van der Waals surface area contributed by atoms with Gasteiger partial charge in [-0.05, 0) is 46.3 Å². The SMILES string of the molecule is O=C(Nc1ccccc1Br)c1cc(S)ccc1Cl. The smallest absolute Gasteiger partial charge is 0.257 e. The second-order valence-electron chi connectivity index (χ2n) is 3.60. The summed E-state index contributed by atoms with van der Waals surface area (Å²) < 4.78 is 0.816. The summed E-state index contributed by atoms with van der Waals surface area (Å²) in [5, 5.41) is 3.19. The molecule has 1 N–H and O–H groups in total. The van der Waals surface area contributed by atoms with Gasteiger partial charge in [0.25, 0.3) is 5.91 Å². The number of amides is 1. The molecule has 0 heterocycles. The normalized spacial score (nSPS) is 10.2. The van der Waals surface area contributed by atoms with E-state index in [-0.39, 0.29) is 5.91 Å². The van der Waals surface area contributed by atoms with Gasteiger partial charge in [-0.15, -0.1) is 12.6 Å². The molecule has 18 heavy (non-hydrogen) atoms. The lowest BCUT2D eigenvalue weighted by Gasteiger charge is -2.08. The molecule has 5 heteroatoms. The predicted molar refractivity (Wildman–Crippen MR) is 80.8 cm³/mol. The molecule has 2 aromatic carbocycles. The molecule has 0 aromatic heterocycles. The van der Waals surface area contributed by atoms with Crippen molar-refractivity contribution in [3.8, 4) is 0 Å². The monoisotopic (exact) mass is 341 g/mol. The molecule has 0 aliphatic heterocycles. The zero-order valence-corrected chi connectivity index (χ0v) is 12.4. The zero-order valence-electron chi connectivity index (χ0n) is 9.15. The third-order valence-corrected chi connectivity index (χ3v) is 3.62. The molecule has 92 valence electrons. The van der Waals surface area contributed by atoms with Crippen molar-refractivity contribution >= 4 is 51.8 Å². The Hall–Kier alpha value is -0.970. The summed E-state index contributed by atoms with van der Waals surface area (Å²) in [5.74, 6) is -0.261. The summed E-state index contributed by atoms with van der Waals surface area (Å²) in [6.45, 7) is 0. The molecule has 0 saturated heterocycles. The maximum atomic E-state index is 12.1. The molecule has 2 aromatic rings. The molecule has 0 unspecified atom stereocenters. The van der Waals surface area contributed by atoms with E-state index in [2.05, 4.69) is 33.9 Å². The van der Waals surface area contributed by atoms with Gasteiger partial charge in [0, 0.05) is 9.37 Å². The van der Waals surface area contributed by atoms with Crippen LogP contribution in [-0.2, 0) is 0 Å². The minimum absolute atomic E-state index is 0.261. The molecule has 0 aliphatic rings. The third-order valence-electron chi connectivity index (χ3n) is 2.32. The Labute approximate surface area is 124 Å². The van der Waals surface area contributed by atoms with E-state index in [9.17, 15) is 4.79 Å². The fourth-order valence-corrected chi connectivity index (χ4v) is 2.23. The number of nitrogens with one attached hydrogen (secondary N) is 1. The topological polar surface area (TPSA) is 29.1 Å². The Bertz CT molecular complexity index is 603. The van der Waals surface area contributed by atoms with Crippen LogP contribution in [0.1, 0.15) is 10.4 Å². The number of carbonyl (C=O) groups is 1. The maximum Gasteiger partial charge on any atom is 0.257 e. The summed E-state index contributed by atoms with van der Waals surface area (Å²) >= 11 is 13.6. The van der Waals surface area contributed by atoms with Gasteiger partial charge in [0.1, 0.15) is 0 Å². The lowest BCUT2D eigenvalue weighted by atomic mass is 10.2. The van der Waals surface area contributed by atoms with E-state index in [0.29, 0.717) is 21.2 Å². The van der Waals surface area contributed by atoms with Crippen LogP contribution in [0.25, 0.3) is 0 Å². The first kappa shape index (κ1) is 13.5. The molecule has 0 radical (unpaired) electrons. The fourth-order valence-electron chi connectivity index (χ4n) is 1.44. The number of hydrogen-bond acceptors (Lipinski definition) is 2. The van der Waals surface area contributed by atoms with Crippen LogP contribution in [0.2, 0.25) is 5.02 Å². The Morgan fingerprint density at radius 3 is 2.67 bits per heavy atom. The van der Waals surface area contributed by atoms with Gasteiger partial charge in [-0.3, -0.25) is 4.79 Å². The lowest BCUT2D eigenvalue weighted by molar-refractivity contribution is 0.102. The van der Waals surface area contributed by atoms with Gasteiger partial charge < -0.3 is 5.32 Å². The fraction of sp³-hybridized carbons (Fsp3) is 0. The summed E-state index contributed by atoms with van der Waals surface area (Å²) in [4.78, 5) is 12.8. The van der Waals surface area contributed by atoms with Crippen LogP contribution in [-0.4, -0.2) is 5.91 Å². The Balaban J connectivity index is 2.28. The zero-order chi connectivity index (χ0) is 13.1. The highest BCUT2D eigenvalue weighted by molar-refractivity contribution is 9.10. The first-order chi connectivity index (χ1) is 8.58. The Kier molecular flexibility index (Phi) is 4.32. The highest BCUT2D eigenvalue weighted by atomic mass is 79.9. The van der Waals surface area contributed by atoms with Gasteiger partial charge in [-0.2, -0.15) is 0 Å². The predicted octanol–water partition coefficient (Wildman–Crippen LogP) is 4.64. The molecule has 0 fully saturated rings. The number of thiol groups is 1. The van der Waals surface area contributed by atoms with Crippen LogP contribution in [0.3, 0.4) is 0 Å². The maximum absolute atomic E-state index is 12.1. The number of carbonyl (C=O) groups excluding carboxylic acids is 1. The summed E-state index contributed by atoms with van der Waals surface area (Å²) in [5.41, 5.74) is 1.10. The van der Waals surface area contributed by atoms with Crippen LogP contribution in [0.15, 0.2) is 51.8 Å². The average molecular weight is 343 g/mol. The van der Waals surface area contributed by atoms with Crippen molar-refractivity contribution in [1.29, 1.82) is 0 Å². The van der Waals surface area contributed by atoms with E-state index < -0.39 is 0 Å². The number of para-hydroxylation sites is 1. The van der Waals surface area contributed by atoms with Gasteiger partial charge in [0.05, 0.1) is 16.3 Å². The van der Waals surface area contributed by atoms with Crippen LogP contribution in [0.4, 0.5) is 5.69 Å². The molecule has 0 atom stereocenters. The van der Waals surface area contributed by atoms with E-state index in [1.165, 1.54) is 0 Å². The Morgan fingerprint density at radius 1 is 1.22 bits per heavy atom. The first-order valence-electron chi connectivity index (χ1n) is 5.12. The van der Waals surface area contributed by atoms with E-state index in [1.807, 2.05) is 18.2 Å². The van der Waals surface area contributed by atoms with Crippen molar-refractivity contribution in [2.45, 2.75) is 4.90 Å². The second-order valence-corrected chi connectivity index (χ2v) is 5.38. The van der Waals surface area contributed by atoms with Crippen LogP contribution < -0.4 is 5.32 Å². The Morgan fingerprint density at radius 2 is 1.94 bits per heavy atom. The molecule has 0 bridgehead atoms. The van der Waals surface area contributed by atoms with Gasteiger partial charge in [-0.25, -0.2) is 0 Å². The average Bonchev–Trinajstić information content (AvgIpc) is 2.35. The van der Waals surface area contributed by atoms with Gasteiger partial charge >= 0.3 is 0 Å². The van der Waals surface area contributed by atoms with Gasteiger partial charge in [-0.1, -0.05) is 23.7 Å².